The Kier molecular flexibility index (Phi) is 40.2. The average molecular weight is 902 g/mol. The van der Waals surface area contributed by atoms with Crippen molar-refractivity contribution in [1.82, 2.24) is 0 Å². The Labute approximate surface area is 373 Å². The van der Waals surface area contributed by atoms with Gasteiger partial charge < -0.3 is 35.2 Å². The zero-order valence-electron chi connectivity index (χ0n) is 37.7. The fourth-order valence-electron chi connectivity index (χ4n) is 6.45. The van der Waals surface area contributed by atoms with Gasteiger partial charge in [0.2, 0.25) is 0 Å². The normalized spacial score (nSPS) is 14.3. The molecule has 354 valence electrons. The predicted molar refractivity (Wildman–Crippen MR) is 249 cm³/mol. The van der Waals surface area contributed by atoms with Crippen LogP contribution in [0.4, 0.5) is 0 Å². The minimum atomic E-state index is -4.92. The largest absolute Gasteiger partial charge is 0.481 e. The van der Waals surface area contributed by atoms with Crippen LogP contribution < -0.4 is 5.73 Å². The van der Waals surface area contributed by atoms with E-state index in [-0.39, 0.29) is 31.4 Å². The molecule has 0 fully saturated rings. The van der Waals surface area contributed by atoms with Gasteiger partial charge in [0.15, 0.2) is 6.10 Å². The third-order valence-corrected chi connectivity index (χ3v) is 12.0. The van der Waals surface area contributed by atoms with Gasteiger partial charge >= 0.3 is 25.7 Å². The van der Waals surface area contributed by atoms with Crippen molar-refractivity contribution in [3.05, 3.63) is 48.6 Å². The van der Waals surface area contributed by atoms with E-state index in [1.807, 2.05) is 24.3 Å². The summed E-state index contributed by atoms with van der Waals surface area (Å²) in [5.74, 6) is -2.38. The zero-order chi connectivity index (χ0) is 45.2. The Morgan fingerprint density at radius 3 is 1.77 bits per heavy atom. The number of carboxylic acids is 1. The Bertz CT molecular complexity index is 1250. The fourth-order valence-corrected chi connectivity index (χ4v) is 7.93. The molecule has 0 aromatic heterocycles. The van der Waals surface area contributed by atoms with Gasteiger partial charge in [-0.1, -0.05) is 184 Å². The van der Waals surface area contributed by atoms with Crippen LogP contribution in [-0.2, 0) is 32.9 Å². The van der Waals surface area contributed by atoms with Crippen LogP contribution in [0.2, 0.25) is 0 Å². The summed E-state index contributed by atoms with van der Waals surface area (Å²) in [6, 6.07) is -1.20. The van der Waals surface area contributed by atoms with E-state index in [2.05, 4.69) is 30.5 Å². The molecule has 0 amide bonds. The number of aliphatic hydroxyl groups excluding tert-OH is 1. The van der Waals surface area contributed by atoms with Crippen molar-refractivity contribution in [1.29, 1.82) is 0 Å². The van der Waals surface area contributed by atoms with Crippen molar-refractivity contribution in [2.24, 2.45) is 5.73 Å². The van der Waals surface area contributed by atoms with Gasteiger partial charge in [0.1, 0.15) is 12.6 Å². The maximum Gasteiger partial charge on any atom is 0.469 e. The highest BCUT2D eigenvalue weighted by molar-refractivity contribution is 8.00. The third kappa shape index (κ3) is 41.5. The highest BCUT2D eigenvalue weighted by Gasteiger charge is 2.27. The lowest BCUT2D eigenvalue weighted by Gasteiger charge is -2.23. The number of thioether (sulfide) groups is 1. The lowest BCUT2D eigenvalue weighted by Crippen LogP contribution is -2.40. The first-order chi connectivity index (χ1) is 29.4. The molecule has 0 radical (unpaired) electrons. The van der Waals surface area contributed by atoms with Gasteiger partial charge in [-0.3, -0.25) is 18.9 Å². The molecule has 0 bridgehead atoms. The molecule has 0 aromatic rings. The maximum atomic E-state index is 13.0. The van der Waals surface area contributed by atoms with Crippen molar-refractivity contribution in [3.8, 4) is 0 Å². The van der Waals surface area contributed by atoms with Gasteiger partial charge in [-0.25, -0.2) is 4.57 Å². The maximum absolute atomic E-state index is 13.0. The van der Waals surface area contributed by atoms with Gasteiger partial charge in [-0.15, -0.1) is 11.8 Å². The topological polar surface area (TPSA) is 203 Å². The second kappa shape index (κ2) is 41.7. The number of nitrogens with two attached hydrogens (primary N) is 1. The first kappa shape index (κ1) is 58.8. The monoisotopic (exact) mass is 902 g/mol. The lowest BCUT2D eigenvalue weighted by atomic mass is 10.0. The number of hydrogen-bond acceptors (Lipinski definition) is 10. The molecule has 6 N–H and O–H groups in total. The molecule has 0 aromatic carbocycles. The van der Waals surface area contributed by atoms with Crippen LogP contribution in [0.1, 0.15) is 187 Å². The van der Waals surface area contributed by atoms with Crippen LogP contribution in [0.15, 0.2) is 48.6 Å². The van der Waals surface area contributed by atoms with E-state index in [1.54, 1.807) is 12.2 Å². The predicted octanol–water partition coefficient (Wildman–Crippen LogP) is 11.2. The van der Waals surface area contributed by atoms with Crippen LogP contribution in [0.3, 0.4) is 0 Å². The molecule has 14 heteroatoms. The van der Waals surface area contributed by atoms with Crippen molar-refractivity contribution in [3.63, 3.8) is 0 Å². The molecule has 0 saturated carbocycles. The van der Waals surface area contributed by atoms with Crippen molar-refractivity contribution >= 4 is 37.5 Å². The number of hydrogen-bond donors (Lipinski definition) is 5. The molecule has 0 unspecified atom stereocenters. The Hall–Kier alpha value is -2.25. The van der Waals surface area contributed by atoms with Crippen LogP contribution in [0.25, 0.3) is 0 Å². The molecule has 0 spiro atoms. The number of carboxylic acid groups (broad SMARTS) is 1. The molecule has 4 atom stereocenters. The molecule has 0 aliphatic heterocycles. The fraction of sp³-hybridized carbons (Fsp3) is 0.766. The summed E-state index contributed by atoms with van der Waals surface area (Å²) in [7, 11) is -4.92. The molecule has 0 saturated heterocycles. The number of unbranched alkanes of at least 4 members (excludes halogenated alkanes) is 20. The number of aliphatic hydroxyl groups is 1. The summed E-state index contributed by atoms with van der Waals surface area (Å²) in [5, 5.41) is 19.3. The van der Waals surface area contributed by atoms with Crippen LogP contribution in [0.5, 0.6) is 0 Å². The lowest BCUT2D eigenvalue weighted by molar-refractivity contribution is -0.161. The van der Waals surface area contributed by atoms with Crippen molar-refractivity contribution in [2.45, 2.75) is 211 Å². The number of carbonyl (C=O) groups is 3. The number of rotatable bonds is 43. The molecule has 0 heterocycles. The number of phosphoric acid groups is 1. The van der Waals surface area contributed by atoms with Crippen molar-refractivity contribution < 1.29 is 52.9 Å². The van der Waals surface area contributed by atoms with E-state index < -0.39 is 62.4 Å². The number of phosphoric ester groups is 1. The van der Waals surface area contributed by atoms with E-state index in [9.17, 15) is 33.8 Å². The SMILES string of the molecule is CCCCC/C=C\C\C=C/C=C/C=C/[C@@H](SC[C@H](N)C(=O)O[C@H](COC(=O)CCCCCCCCCCCCCCCCCCCC)COP(=O)(O)O)[C@@H](O)CCCC(=O)O. The molecule has 0 aliphatic carbocycles. The Morgan fingerprint density at radius 1 is 0.672 bits per heavy atom. The molecule has 0 rings (SSSR count). The standard InChI is InChI=1S/C47H84NO11PS/c1-3-5-7-9-11-13-15-17-18-19-20-21-22-24-26-28-30-32-37-46(52)57-38-41(39-58-60(54,55)56)59-47(53)42(48)40-61-44(43(49)34-33-36-45(50)51)35-31-29-27-25-23-16-14-12-10-8-6-4-2/h12,14,23,25,27,29,31,35,41-44,49H,3-11,13,15-22,24,26,28,30,32-34,36-40,48H2,1-2H3,(H,50,51)(H2,54,55,56)/b14-12-,25-23-,29-27+,35-31+/t41-,42+,43+,44-/m1/s1. The van der Waals surface area contributed by atoms with E-state index in [0.717, 1.165) is 32.1 Å². The average Bonchev–Trinajstić information content (AvgIpc) is 3.22. The first-order valence-corrected chi connectivity index (χ1v) is 26.0. The van der Waals surface area contributed by atoms with Gasteiger partial charge in [0, 0.05) is 23.8 Å². The smallest absolute Gasteiger partial charge is 0.469 e. The molecule has 0 aliphatic rings. The van der Waals surface area contributed by atoms with E-state index in [1.165, 1.54) is 121 Å². The van der Waals surface area contributed by atoms with Gasteiger partial charge in [0.05, 0.1) is 12.7 Å². The summed E-state index contributed by atoms with van der Waals surface area (Å²) < 4.78 is 26.6. The zero-order valence-corrected chi connectivity index (χ0v) is 39.4. The van der Waals surface area contributed by atoms with Crippen LogP contribution in [0, 0.1) is 0 Å². The molecule has 61 heavy (non-hydrogen) atoms. The number of aliphatic carboxylic acids is 1. The van der Waals surface area contributed by atoms with Gasteiger partial charge in [-0.2, -0.15) is 0 Å². The van der Waals surface area contributed by atoms with Crippen LogP contribution in [-0.4, -0.2) is 80.4 Å². The summed E-state index contributed by atoms with van der Waals surface area (Å²) in [6.45, 7) is 3.25. The Morgan fingerprint density at radius 2 is 1.21 bits per heavy atom. The molecular formula is C47H84NO11PS. The minimum absolute atomic E-state index is 0.00323. The summed E-state index contributed by atoms with van der Waals surface area (Å²) >= 11 is 1.18. The van der Waals surface area contributed by atoms with E-state index in [0.29, 0.717) is 6.42 Å². The third-order valence-electron chi connectivity index (χ3n) is 10.1. The number of carbonyl (C=O) groups excluding carboxylic acids is 2. The highest BCUT2D eigenvalue weighted by Crippen LogP contribution is 2.36. The second-order valence-electron chi connectivity index (χ2n) is 15.9. The Balaban J connectivity index is 4.72. The summed E-state index contributed by atoms with van der Waals surface area (Å²) in [6.07, 6.45) is 41.6. The van der Waals surface area contributed by atoms with Crippen LogP contribution >= 0.6 is 19.6 Å². The molecule has 12 nitrogen and oxygen atoms in total. The molecular weight excluding hydrogens is 818 g/mol. The first-order valence-electron chi connectivity index (χ1n) is 23.4. The number of esters is 2. The van der Waals surface area contributed by atoms with E-state index in [4.69, 9.17) is 20.3 Å². The quantitative estimate of drug-likeness (QED) is 0.0127. The number of allylic oxidation sites excluding steroid dienone is 7. The van der Waals surface area contributed by atoms with Crippen molar-refractivity contribution in [2.75, 3.05) is 19.0 Å². The van der Waals surface area contributed by atoms with Gasteiger partial charge in [0.25, 0.3) is 0 Å². The second-order valence-corrected chi connectivity index (χ2v) is 18.4. The van der Waals surface area contributed by atoms with E-state index >= 15 is 0 Å². The van der Waals surface area contributed by atoms with Gasteiger partial charge in [-0.05, 0) is 38.5 Å². The summed E-state index contributed by atoms with van der Waals surface area (Å²) in [4.78, 5) is 54.9. The minimum Gasteiger partial charge on any atom is -0.481 e. The summed E-state index contributed by atoms with van der Waals surface area (Å²) in [5.41, 5.74) is 6.13. The highest BCUT2D eigenvalue weighted by atomic mass is 32.2. The number of ether oxygens (including phenoxy) is 2.